The van der Waals surface area contributed by atoms with E-state index in [-0.39, 0.29) is 5.95 Å². The predicted octanol–water partition coefficient (Wildman–Crippen LogP) is 2.78. The average Bonchev–Trinajstić information content (AvgIpc) is 3.21. The van der Waals surface area contributed by atoms with Crippen molar-refractivity contribution in [3.05, 3.63) is 59.9 Å². The van der Waals surface area contributed by atoms with E-state index >= 15 is 0 Å². The molecule has 4 rings (SSSR count). The number of nitrogen functional groups attached to an aromatic ring is 1. The van der Waals surface area contributed by atoms with Gasteiger partial charge in [-0.2, -0.15) is 19.6 Å². The Labute approximate surface area is 176 Å². The molecule has 2 aromatic carbocycles. The molecule has 30 heavy (non-hydrogen) atoms. The van der Waals surface area contributed by atoms with Crippen molar-refractivity contribution in [2.24, 2.45) is 0 Å². The molecule has 0 bridgehead atoms. The minimum atomic E-state index is 0.138. The summed E-state index contributed by atoms with van der Waals surface area (Å²) < 4.78 is 7.08. The molecule has 152 valence electrons. The maximum atomic E-state index is 5.86. The molecule has 0 amide bonds. The molecule has 0 atom stereocenters. The number of nitrogens with two attached hydrogens (primary N) is 1. The van der Waals surface area contributed by atoms with Crippen molar-refractivity contribution in [2.75, 3.05) is 18.2 Å². The molecule has 0 saturated carbocycles. The number of para-hydroxylation sites is 1. The molecule has 0 aliphatic carbocycles. The molecular formula is C19H19N9OS. The fourth-order valence-corrected chi connectivity index (χ4v) is 3.46. The first-order valence-electron chi connectivity index (χ1n) is 9.01. The summed E-state index contributed by atoms with van der Waals surface area (Å²) in [5.74, 6) is 2.11. The molecule has 0 saturated heterocycles. The number of thioether (sulfide) groups is 1. The van der Waals surface area contributed by atoms with E-state index in [9.17, 15) is 0 Å². The van der Waals surface area contributed by atoms with Gasteiger partial charge in [0.2, 0.25) is 17.1 Å². The minimum absolute atomic E-state index is 0.138. The summed E-state index contributed by atoms with van der Waals surface area (Å²) in [5, 5.41) is 15.7. The molecule has 3 N–H and O–H groups in total. The third-order valence-electron chi connectivity index (χ3n) is 4.06. The average molecular weight is 421 g/mol. The SMILES string of the molecule is COc1ccc(C)cc1-n1nnnc1SCc1nc(N)nc(Nc2ccccc2)n1. The summed E-state index contributed by atoms with van der Waals surface area (Å²) in [6.07, 6.45) is 0. The largest absolute Gasteiger partial charge is 0.494 e. The Morgan fingerprint density at radius 3 is 2.73 bits per heavy atom. The van der Waals surface area contributed by atoms with Crippen LogP contribution in [0.4, 0.5) is 17.6 Å². The van der Waals surface area contributed by atoms with Crippen LogP contribution >= 0.6 is 11.8 Å². The molecule has 0 spiro atoms. The first-order valence-corrected chi connectivity index (χ1v) is 9.99. The number of ether oxygens (including phenoxy) is 1. The van der Waals surface area contributed by atoms with E-state index < -0.39 is 0 Å². The molecule has 0 radical (unpaired) electrons. The van der Waals surface area contributed by atoms with E-state index in [0.29, 0.717) is 28.4 Å². The van der Waals surface area contributed by atoms with Gasteiger partial charge < -0.3 is 15.8 Å². The Hall–Kier alpha value is -3.73. The number of rotatable bonds is 7. The van der Waals surface area contributed by atoms with Crippen LogP contribution in [0.5, 0.6) is 5.75 Å². The van der Waals surface area contributed by atoms with Crippen LogP contribution in [0.1, 0.15) is 11.4 Å². The third-order valence-corrected chi connectivity index (χ3v) is 4.98. The van der Waals surface area contributed by atoms with E-state index in [1.165, 1.54) is 11.8 Å². The van der Waals surface area contributed by atoms with Crippen LogP contribution < -0.4 is 15.8 Å². The highest BCUT2D eigenvalue weighted by atomic mass is 32.2. The van der Waals surface area contributed by atoms with Crippen LogP contribution in [-0.4, -0.2) is 42.3 Å². The predicted molar refractivity (Wildman–Crippen MR) is 114 cm³/mol. The van der Waals surface area contributed by atoms with Gasteiger partial charge >= 0.3 is 0 Å². The van der Waals surface area contributed by atoms with Crippen LogP contribution in [0.15, 0.2) is 53.7 Å². The van der Waals surface area contributed by atoms with Crippen LogP contribution in [0, 0.1) is 6.92 Å². The number of hydrogen-bond donors (Lipinski definition) is 2. The standard InChI is InChI=1S/C19H19N9OS/c1-12-8-9-15(29-2)14(10-12)28-19(25-26-27-28)30-11-16-22-17(20)24-18(23-16)21-13-6-4-3-5-7-13/h3-10H,11H2,1-2H3,(H3,20,21,22,23,24). The number of anilines is 3. The fourth-order valence-electron chi connectivity index (χ4n) is 2.72. The molecule has 0 unspecified atom stereocenters. The van der Waals surface area contributed by atoms with E-state index in [2.05, 4.69) is 35.8 Å². The van der Waals surface area contributed by atoms with Crippen molar-refractivity contribution in [2.45, 2.75) is 17.8 Å². The first kappa shape index (κ1) is 19.6. The zero-order chi connectivity index (χ0) is 20.9. The highest BCUT2D eigenvalue weighted by molar-refractivity contribution is 7.98. The molecule has 0 fully saturated rings. The van der Waals surface area contributed by atoms with E-state index in [1.807, 2.05) is 55.5 Å². The van der Waals surface area contributed by atoms with Crippen molar-refractivity contribution in [1.82, 2.24) is 35.2 Å². The summed E-state index contributed by atoms with van der Waals surface area (Å²) in [4.78, 5) is 12.8. The lowest BCUT2D eigenvalue weighted by molar-refractivity contribution is 0.410. The number of hydrogen-bond acceptors (Lipinski definition) is 10. The van der Waals surface area contributed by atoms with Crippen molar-refractivity contribution in [3.63, 3.8) is 0 Å². The minimum Gasteiger partial charge on any atom is -0.494 e. The number of benzene rings is 2. The lowest BCUT2D eigenvalue weighted by Gasteiger charge is -2.10. The molecule has 10 nitrogen and oxygen atoms in total. The monoisotopic (exact) mass is 421 g/mol. The molecule has 2 heterocycles. The zero-order valence-corrected chi connectivity index (χ0v) is 17.2. The van der Waals surface area contributed by atoms with Gasteiger partial charge in [0, 0.05) is 5.69 Å². The van der Waals surface area contributed by atoms with Crippen LogP contribution in [0.25, 0.3) is 5.69 Å². The molecule has 0 aliphatic rings. The highest BCUT2D eigenvalue weighted by Gasteiger charge is 2.15. The lowest BCUT2D eigenvalue weighted by Crippen LogP contribution is -2.07. The van der Waals surface area contributed by atoms with Gasteiger partial charge in [0.1, 0.15) is 17.3 Å². The molecular weight excluding hydrogens is 402 g/mol. The van der Waals surface area contributed by atoms with Gasteiger partial charge in [-0.1, -0.05) is 36.0 Å². The second-order valence-electron chi connectivity index (χ2n) is 6.26. The van der Waals surface area contributed by atoms with Crippen molar-refractivity contribution < 1.29 is 4.74 Å². The van der Waals surface area contributed by atoms with Gasteiger partial charge in [0.05, 0.1) is 12.9 Å². The number of nitrogens with one attached hydrogen (secondary N) is 1. The summed E-state index contributed by atoms with van der Waals surface area (Å²) in [6.45, 7) is 2.00. The van der Waals surface area contributed by atoms with Crippen LogP contribution in [0.2, 0.25) is 0 Å². The first-order chi connectivity index (χ1) is 14.6. The van der Waals surface area contributed by atoms with Crippen molar-refractivity contribution in [1.29, 1.82) is 0 Å². The Bertz CT molecular complexity index is 1150. The Morgan fingerprint density at radius 2 is 1.93 bits per heavy atom. The summed E-state index contributed by atoms with van der Waals surface area (Å²) in [6, 6.07) is 15.4. The second-order valence-corrected chi connectivity index (χ2v) is 7.20. The van der Waals surface area contributed by atoms with Gasteiger partial charge in [0.25, 0.3) is 0 Å². The van der Waals surface area contributed by atoms with Crippen molar-refractivity contribution >= 4 is 29.3 Å². The Morgan fingerprint density at radius 1 is 1.10 bits per heavy atom. The Kier molecular flexibility index (Phi) is 5.70. The lowest BCUT2D eigenvalue weighted by atomic mass is 10.2. The fraction of sp³-hybridized carbons (Fsp3) is 0.158. The number of aromatic nitrogens is 7. The summed E-state index contributed by atoms with van der Waals surface area (Å²) in [7, 11) is 1.61. The van der Waals surface area contributed by atoms with Gasteiger partial charge in [0.15, 0.2) is 0 Å². The third kappa shape index (κ3) is 4.46. The maximum absolute atomic E-state index is 5.86. The quantitative estimate of drug-likeness (QED) is 0.430. The molecule has 2 aromatic heterocycles. The Balaban J connectivity index is 1.54. The van der Waals surface area contributed by atoms with Gasteiger partial charge in [-0.15, -0.1) is 5.10 Å². The normalized spacial score (nSPS) is 10.7. The molecule has 0 aliphatic heterocycles. The van der Waals surface area contributed by atoms with Gasteiger partial charge in [-0.25, -0.2) is 0 Å². The van der Waals surface area contributed by atoms with Crippen LogP contribution in [-0.2, 0) is 5.75 Å². The summed E-state index contributed by atoms with van der Waals surface area (Å²) in [5.41, 5.74) is 8.55. The smallest absolute Gasteiger partial charge is 0.232 e. The number of tetrazole rings is 1. The molecule has 11 heteroatoms. The number of aryl methyl sites for hydroxylation is 1. The summed E-state index contributed by atoms with van der Waals surface area (Å²) >= 11 is 1.39. The van der Waals surface area contributed by atoms with Gasteiger partial charge in [-0.3, -0.25) is 0 Å². The highest BCUT2D eigenvalue weighted by Crippen LogP contribution is 2.28. The molecule has 4 aromatic rings. The van der Waals surface area contributed by atoms with E-state index in [1.54, 1.807) is 11.8 Å². The van der Waals surface area contributed by atoms with E-state index in [4.69, 9.17) is 10.5 Å². The van der Waals surface area contributed by atoms with E-state index in [0.717, 1.165) is 16.9 Å². The van der Waals surface area contributed by atoms with Gasteiger partial charge in [-0.05, 0) is 47.2 Å². The number of methoxy groups -OCH3 is 1. The maximum Gasteiger partial charge on any atom is 0.232 e. The van der Waals surface area contributed by atoms with Crippen molar-refractivity contribution in [3.8, 4) is 11.4 Å². The zero-order valence-electron chi connectivity index (χ0n) is 16.4. The topological polar surface area (TPSA) is 130 Å². The number of nitrogens with zero attached hydrogens (tertiary/aromatic N) is 7. The second kappa shape index (κ2) is 8.74. The van der Waals surface area contributed by atoms with Crippen LogP contribution in [0.3, 0.4) is 0 Å².